The molecule has 0 heterocycles. The highest BCUT2D eigenvalue weighted by Crippen LogP contribution is 2.49. The summed E-state index contributed by atoms with van der Waals surface area (Å²) < 4.78 is 19.6. The number of hydrogen-bond donors (Lipinski definition) is 0. The van der Waals surface area contributed by atoms with Crippen LogP contribution in [0.4, 0.5) is 0 Å². The van der Waals surface area contributed by atoms with Gasteiger partial charge in [-0.2, -0.15) is 0 Å². The molecule has 0 aliphatic rings. The predicted molar refractivity (Wildman–Crippen MR) is 163 cm³/mol. The van der Waals surface area contributed by atoms with Crippen LogP contribution in [0, 0.1) is 5.41 Å². The van der Waals surface area contributed by atoms with Crippen molar-refractivity contribution in [2.24, 2.45) is 5.41 Å². The first-order valence-electron chi connectivity index (χ1n) is 17.0. The zero-order valence-electron chi connectivity index (χ0n) is 26.6. The van der Waals surface area contributed by atoms with Crippen LogP contribution in [-0.4, -0.2) is 25.8 Å². The highest BCUT2D eigenvalue weighted by Gasteiger charge is 2.53. The summed E-state index contributed by atoms with van der Waals surface area (Å²) >= 11 is 0. The van der Waals surface area contributed by atoms with Crippen molar-refractivity contribution < 1.29 is 14.2 Å². The summed E-state index contributed by atoms with van der Waals surface area (Å²) in [5.41, 5.74) is -0.0627. The first-order chi connectivity index (χ1) is 18.1. The van der Waals surface area contributed by atoms with Crippen LogP contribution in [0.3, 0.4) is 0 Å². The second kappa shape index (κ2) is 26.1. The largest absolute Gasteiger partial charge is 0.327 e. The van der Waals surface area contributed by atoms with Gasteiger partial charge in [0.2, 0.25) is 0 Å². The third-order valence-corrected chi connectivity index (χ3v) is 8.18. The van der Waals surface area contributed by atoms with E-state index in [2.05, 4.69) is 41.5 Å². The van der Waals surface area contributed by atoms with Gasteiger partial charge in [0.1, 0.15) is 0 Å². The Hall–Kier alpha value is -0.120. The highest BCUT2D eigenvalue weighted by atomic mass is 16.9. The fourth-order valence-electron chi connectivity index (χ4n) is 6.07. The molecule has 0 aromatic rings. The zero-order valence-corrected chi connectivity index (χ0v) is 26.6. The summed E-state index contributed by atoms with van der Waals surface area (Å²) in [5, 5.41) is 0. The second-order valence-electron chi connectivity index (χ2n) is 11.4. The average molecular weight is 527 g/mol. The van der Waals surface area contributed by atoms with Crippen LogP contribution in [-0.2, 0) is 14.2 Å². The first kappa shape index (κ1) is 36.9. The van der Waals surface area contributed by atoms with Crippen molar-refractivity contribution >= 4 is 0 Å². The Morgan fingerprint density at radius 2 is 0.568 bits per heavy atom. The summed E-state index contributed by atoms with van der Waals surface area (Å²) in [6.07, 6.45) is 30.2. The molecule has 0 spiro atoms. The molecule has 0 rings (SSSR count). The molecule has 0 saturated carbocycles. The standard InChI is InChI=1S/C34H70O3/c1-7-13-16-19-22-23-26-29-32-33(30-27-24-20-17-14-8-2,31-28-25-21-18-15-9-3)34(35-10-4,36-11-5)37-12-6/h7-32H2,1-6H3. The molecule has 0 amide bonds. The quantitative estimate of drug-likeness (QED) is 0.0688. The average Bonchev–Trinajstić information content (AvgIpc) is 2.89. The monoisotopic (exact) mass is 527 g/mol. The van der Waals surface area contributed by atoms with E-state index in [1.807, 2.05) is 0 Å². The normalized spacial score (nSPS) is 12.5. The van der Waals surface area contributed by atoms with Crippen molar-refractivity contribution in [1.82, 2.24) is 0 Å². The molecule has 0 unspecified atom stereocenters. The van der Waals surface area contributed by atoms with Gasteiger partial charge in [-0.15, -0.1) is 0 Å². The van der Waals surface area contributed by atoms with Gasteiger partial charge in [-0.05, 0) is 40.0 Å². The Morgan fingerprint density at radius 1 is 0.324 bits per heavy atom. The van der Waals surface area contributed by atoms with Crippen molar-refractivity contribution in [3.63, 3.8) is 0 Å². The molecular formula is C34H70O3. The van der Waals surface area contributed by atoms with E-state index in [9.17, 15) is 0 Å². The van der Waals surface area contributed by atoms with Gasteiger partial charge in [-0.25, -0.2) is 0 Å². The molecule has 3 heteroatoms. The smallest absolute Gasteiger partial charge is 0.288 e. The molecule has 0 fully saturated rings. The molecule has 0 radical (unpaired) electrons. The molecule has 3 nitrogen and oxygen atoms in total. The molecule has 0 saturated heterocycles. The van der Waals surface area contributed by atoms with Crippen LogP contribution in [0.1, 0.15) is 189 Å². The van der Waals surface area contributed by atoms with Crippen LogP contribution in [0.2, 0.25) is 0 Å². The molecule has 0 aromatic carbocycles. The number of hydrogen-bond acceptors (Lipinski definition) is 3. The van der Waals surface area contributed by atoms with E-state index < -0.39 is 5.97 Å². The van der Waals surface area contributed by atoms with Gasteiger partial charge in [0.25, 0.3) is 5.97 Å². The van der Waals surface area contributed by atoms with Crippen LogP contribution in [0.15, 0.2) is 0 Å². The van der Waals surface area contributed by atoms with E-state index in [1.165, 1.54) is 128 Å². The third-order valence-electron chi connectivity index (χ3n) is 8.18. The highest BCUT2D eigenvalue weighted by molar-refractivity contribution is 4.90. The maximum atomic E-state index is 6.55. The topological polar surface area (TPSA) is 27.7 Å². The number of rotatable bonds is 30. The van der Waals surface area contributed by atoms with Crippen LogP contribution in [0.25, 0.3) is 0 Å². The maximum absolute atomic E-state index is 6.55. The van der Waals surface area contributed by atoms with E-state index in [4.69, 9.17) is 14.2 Å². The summed E-state index contributed by atoms with van der Waals surface area (Å²) in [4.78, 5) is 0. The van der Waals surface area contributed by atoms with E-state index >= 15 is 0 Å². The number of ether oxygens (including phenoxy) is 3. The number of unbranched alkanes of at least 4 members (excludes halogenated alkanes) is 17. The minimum atomic E-state index is -0.904. The van der Waals surface area contributed by atoms with Crippen LogP contribution >= 0.6 is 0 Å². The van der Waals surface area contributed by atoms with E-state index in [0.717, 1.165) is 19.3 Å². The lowest BCUT2D eigenvalue weighted by Crippen LogP contribution is -2.55. The van der Waals surface area contributed by atoms with Crippen molar-refractivity contribution in [3.8, 4) is 0 Å². The van der Waals surface area contributed by atoms with E-state index in [-0.39, 0.29) is 5.41 Å². The predicted octanol–water partition coefficient (Wildman–Crippen LogP) is 11.8. The Bertz CT molecular complexity index is 417. The molecule has 0 bridgehead atoms. The van der Waals surface area contributed by atoms with E-state index in [1.54, 1.807) is 0 Å². The molecule has 0 aliphatic heterocycles. The minimum Gasteiger partial charge on any atom is -0.327 e. The van der Waals surface area contributed by atoms with Gasteiger partial charge in [0.05, 0.1) is 5.41 Å². The molecule has 0 aliphatic carbocycles. The molecular weight excluding hydrogens is 456 g/mol. The zero-order chi connectivity index (χ0) is 27.5. The first-order valence-corrected chi connectivity index (χ1v) is 17.0. The summed E-state index contributed by atoms with van der Waals surface area (Å²) in [6, 6.07) is 0. The van der Waals surface area contributed by atoms with Gasteiger partial charge >= 0.3 is 0 Å². The molecule has 0 aromatic heterocycles. The van der Waals surface area contributed by atoms with Crippen molar-refractivity contribution in [2.75, 3.05) is 19.8 Å². The van der Waals surface area contributed by atoms with Crippen molar-refractivity contribution in [2.45, 2.75) is 195 Å². The summed E-state index contributed by atoms with van der Waals surface area (Å²) in [7, 11) is 0. The Morgan fingerprint density at radius 3 is 0.811 bits per heavy atom. The van der Waals surface area contributed by atoms with Gasteiger partial charge in [0.15, 0.2) is 0 Å². The minimum absolute atomic E-state index is 0.0627. The fraction of sp³-hybridized carbons (Fsp3) is 1.00. The summed E-state index contributed by atoms with van der Waals surface area (Å²) in [6.45, 7) is 15.1. The SMILES string of the molecule is CCCCCCCCCCC(CCCCCCCC)(CCCCCCCC)C(OCC)(OCC)OCC. The molecule has 224 valence electrons. The Kier molecular flexibility index (Phi) is 26.0. The van der Waals surface area contributed by atoms with Gasteiger partial charge in [-0.1, -0.05) is 149 Å². The lowest BCUT2D eigenvalue weighted by molar-refractivity contribution is -0.432. The van der Waals surface area contributed by atoms with Gasteiger partial charge in [0, 0.05) is 19.8 Å². The van der Waals surface area contributed by atoms with Gasteiger partial charge < -0.3 is 14.2 Å². The lowest BCUT2D eigenvalue weighted by Gasteiger charge is -2.49. The maximum Gasteiger partial charge on any atom is 0.288 e. The van der Waals surface area contributed by atoms with Crippen LogP contribution in [0.5, 0.6) is 0 Å². The molecule has 37 heavy (non-hydrogen) atoms. The van der Waals surface area contributed by atoms with Crippen LogP contribution < -0.4 is 0 Å². The molecule has 0 N–H and O–H groups in total. The van der Waals surface area contributed by atoms with Crippen molar-refractivity contribution in [3.05, 3.63) is 0 Å². The lowest BCUT2D eigenvalue weighted by atomic mass is 9.71. The van der Waals surface area contributed by atoms with E-state index in [0.29, 0.717) is 19.8 Å². The van der Waals surface area contributed by atoms with Crippen molar-refractivity contribution in [1.29, 1.82) is 0 Å². The fourth-order valence-corrected chi connectivity index (χ4v) is 6.07. The third kappa shape index (κ3) is 16.6. The Balaban J connectivity index is 5.57. The van der Waals surface area contributed by atoms with Gasteiger partial charge in [-0.3, -0.25) is 0 Å². The molecule has 0 atom stereocenters. The summed E-state index contributed by atoms with van der Waals surface area (Å²) in [5.74, 6) is -0.904. The second-order valence-corrected chi connectivity index (χ2v) is 11.4. The Labute approximate surface area is 234 Å².